The molecule has 2 saturated heterocycles. The molecule has 0 radical (unpaired) electrons. The summed E-state index contributed by atoms with van der Waals surface area (Å²) in [5.41, 5.74) is -0.0755. The number of rotatable bonds is 3. The first-order chi connectivity index (χ1) is 10.5. The van der Waals surface area contributed by atoms with E-state index in [0.29, 0.717) is 26.0 Å². The molecular weight excluding hydrogens is 286 g/mol. The normalized spacial score (nSPS) is 42.1. The number of hydrogen-bond donors (Lipinski definition) is 1. The Morgan fingerprint density at radius 2 is 2.36 bits per heavy atom. The fourth-order valence-corrected chi connectivity index (χ4v) is 4.58. The molecule has 4 atom stereocenters. The van der Waals surface area contributed by atoms with Crippen LogP contribution in [0.4, 0.5) is 0 Å². The van der Waals surface area contributed by atoms with Gasteiger partial charge in [-0.15, -0.1) is 0 Å². The zero-order valence-electron chi connectivity index (χ0n) is 12.4. The van der Waals surface area contributed by atoms with E-state index in [9.17, 15) is 14.7 Å². The molecule has 2 spiro atoms. The summed E-state index contributed by atoms with van der Waals surface area (Å²) in [7, 11) is 1.64. The second-order valence-corrected chi connectivity index (χ2v) is 6.61. The fraction of sp³-hybridized carbons (Fsp3) is 0.625. The van der Waals surface area contributed by atoms with Gasteiger partial charge in [0.1, 0.15) is 0 Å². The van der Waals surface area contributed by atoms with Gasteiger partial charge in [-0.3, -0.25) is 9.59 Å². The smallest absolute Gasteiger partial charge is 0.303 e. The molecule has 2 fully saturated rings. The van der Waals surface area contributed by atoms with Gasteiger partial charge in [-0.05, 0) is 12.0 Å². The third-order valence-electron chi connectivity index (χ3n) is 5.70. The van der Waals surface area contributed by atoms with Crippen LogP contribution in [-0.2, 0) is 19.1 Å². The Morgan fingerprint density at radius 3 is 3.00 bits per heavy atom. The number of nitrogens with zero attached hydrogens (tertiary/aromatic N) is 1. The Hall–Kier alpha value is -1.66. The van der Waals surface area contributed by atoms with Crippen molar-refractivity contribution in [1.82, 2.24) is 4.90 Å². The van der Waals surface area contributed by atoms with Crippen LogP contribution in [0.1, 0.15) is 19.3 Å². The summed E-state index contributed by atoms with van der Waals surface area (Å²) in [6.45, 7) is 1.20. The first-order valence-electron chi connectivity index (χ1n) is 7.62. The minimum Gasteiger partial charge on any atom is -0.481 e. The summed E-state index contributed by atoms with van der Waals surface area (Å²) in [5.74, 6) is -1.10. The Labute approximate surface area is 128 Å². The van der Waals surface area contributed by atoms with Crippen LogP contribution in [0.25, 0.3) is 0 Å². The van der Waals surface area contributed by atoms with E-state index in [1.807, 2.05) is 17.1 Å². The molecule has 0 aromatic heterocycles. The fourth-order valence-electron chi connectivity index (χ4n) is 4.58. The molecular formula is C16H19NO5. The van der Waals surface area contributed by atoms with E-state index in [4.69, 9.17) is 9.47 Å². The van der Waals surface area contributed by atoms with Gasteiger partial charge >= 0.3 is 5.97 Å². The average Bonchev–Trinajstić information content (AvgIpc) is 3.19. The number of methoxy groups -OCH3 is 1. The number of piperidine rings is 1. The summed E-state index contributed by atoms with van der Waals surface area (Å²) < 4.78 is 11.2. The lowest BCUT2D eigenvalue weighted by Gasteiger charge is -2.53. The van der Waals surface area contributed by atoms with Gasteiger partial charge in [-0.25, -0.2) is 0 Å². The monoisotopic (exact) mass is 305 g/mol. The molecule has 22 heavy (non-hydrogen) atoms. The minimum absolute atomic E-state index is 0.00535. The molecule has 1 aliphatic carbocycles. The Bertz CT molecular complexity index is 606. The highest BCUT2D eigenvalue weighted by Gasteiger charge is 2.68. The summed E-state index contributed by atoms with van der Waals surface area (Å²) >= 11 is 0. The summed E-state index contributed by atoms with van der Waals surface area (Å²) in [4.78, 5) is 25.7. The van der Waals surface area contributed by atoms with Gasteiger partial charge in [-0.1, -0.05) is 12.2 Å². The van der Waals surface area contributed by atoms with Gasteiger partial charge in [0.25, 0.3) is 0 Å². The van der Waals surface area contributed by atoms with Gasteiger partial charge < -0.3 is 19.5 Å². The van der Waals surface area contributed by atoms with Crippen LogP contribution in [0.5, 0.6) is 0 Å². The number of carboxylic acids is 1. The van der Waals surface area contributed by atoms with Crippen molar-refractivity contribution < 1.29 is 24.2 Å². The van der Waals surface area contributed by atoms with Crippen LogP contribution in [0.2, 0.25) is 0 Å². The predicted molar refractivity (Wildman–Crippen MR) is 76.1 cm³/mol. The van der Waals surface area contributed by atoms with Crippen molar-refractivity contribution >= 4 is 11.9 Å². The molecule has 0 unspecified atom stereocenters. The van der Waals surface area contributed by atoms with E-state index in [2.05, 4.69) is 0 Å². The zero-order valence-corrected chi connectivity index (χ0v) is 12.4. The Balaban J connectivity index is 1.83. The second-order valence-electron chi connectivity index (χ2n) is 6.61. The van der Waals surface area contributed by atoms with Crippen LogP contribution >= 0.6 is 0 Å². The van der Waals surface area contributed by atoms with Gasteiger partial charge in [0.15, 0.2) is 0 Å². The van der Waals surface area contributed by atoms with Crippen molar-refractivity contribution in [2.45, 2.75) is 36.5 Å². The molecule has 1 N–H and O–H groups in total. The molecule has 4 rings (SSSR count). The third-order valence-corrected chi connectivity index (χ3v) is 5.70. The zero-order chi connectivity index (χ0) is 15.5. The molecule has 3 heterocycles. The van der Waals surface area contributed by atoms with Crippen LogP contribution < -0.4 is 0 Å². The molecule has 4 aliphatic rings. The first-order valence-corrected chi connectivity index (χ1v) is 7.62. The van der Waals surface area contributed by atoms with Gasteiger partial charge in [0.2, 0.25) is 5.91 Å². The standard InChI is InChI=1S/C16H19NO5/c1-21-11-3-2-10-6-13(18)17-5-4-15(9-22-15)12(7-14(19)20)16(10,17)8-11/h2-3,6,11-12H,4-5,7-9H2,1H3,(H,19,20)/t11-,12-,15-,16-/m0/s1. The van der Waals surface area contributed by atoms with E-state index in [1.54, 1.807) is 13.2 Å². The largest absolute Gasteiger partial charge is 0.481 e. The van der Waals surface area contributed by atoms with Crippen molar-refractivity contribution in [1.29, 1.82) is 0 Å². The highest BCUT2D eigenvalue weighted by Crippen LogP contribution is 2.58. The number of carbonyl (C=O) groups excluding carboxylic acids is 1. The average molecular weight is 305 g/mol. The topological polar surface area (TPSA) is 79.4 Å². The van der Waals surface area contributed by atoms with Gasteiger partial charge in [-0.2, -0.15) is 0 Å². The molecule has 118 valence electrons. The van der Waals surface area contributed by atoms with E-state index < -0.39 is 11.5 Å². The van der Waals surface area contributed by atoms with Crippen LogP contribution in [0.15, 0.2) is 23.8 Å². The first kappa shape index (κ1) is 14.0. The molecule has 6 nitrogen and oxygen atoms in total. The van der Waals surface area contributed by atoms with Crippen LogP contribution in [0.3, 0.4) is 0 Å². The molecule has 0 aromatic carbocycles. The maximum absolute atomic E-state index is 12.4. The minimum atomic E-state index is -0.849. The molecule has 0 bridgehead atoms. The number of carbonyl (C=O) groups is 2. The van der Waals surface area contributed by atoms with E-state index in [1.165, 1.54) is 0 Å². The van der Waals surface area contributed by atoms with Crippen molar-refractivity contribution in [2.75, 3.05) is 20.3 Å². The van der Waals surface area contributed by atoms with Crippen LogP contribution in [-0.4, -0.2) is 59.4 Å². The number of carboxylic acid groups (broad SMARTS) is 1. The molecule has 3 aliphatic heterocycles. The molecule has 0 saturated carbocycles. The molecule has 0 aromatic rings. The Morgan fingerprint density at radius 1 is 1.59 bits per heavy atom. The van der Waals surface area contributed by atoms with Crippen molar-refractivity contribution in [3.8, 4) is 0 Å². The number of amides is 1. The van der Waals surface area contributed by atoms with E-state index >= 15 is 0 Å². The number of hydrogen-bond acceptors (Lipinski definition) is 4. The lowest BCUT2D eigenvalue weighted by atomic mass is 9.62. The van der Waals surface area contributed by atoms with Crippen molar-refractivity contribution in [2.24, 2.45) is 5.92 Å². The lowest BCUT2D eigenvalue weighted by Crippen LogP contribution is -2.64. The van der Waals surface area contributed by atoms with Gasteiger partial charge in [0.05, 0.1) is 30.3 Å². The predicted octanol–water partition coefficient (Wildman–Crippen LogP) is 0.732. The summed E-state index contributed by atoms with van der Waals surface area (Å²) in [5, 5.41) is 9.39. The Kier molecular flexibility index (Phi) is 2.81. The van der Waals surface area contributed by atoms with Crippen molar-refractivity contribution in [3.05, 3.63) is 23.8 Å². The summed E-state index contributed by atoms with van der Waals surface area (Å²) in [6.07, 6.45) is 6.72. The molecule has 6 heteroatoms. The maximum atomic E-state index is 12.4. The number of epoxide rings is 1. The number of ether oxygens (including phenoxy) is 2. The maximum Gasteiger partial charge on any atom is 0.303 e. The van der Waals surface area contributed by atoms with Gasteiger partial charge in [0, 0.05) is 32.1 Å². The quantitative estimate of drug-likeness (QED) is 0.778. The highest BCUT2D eigenvalue weighted by molar-refractivity contribution is 5.94. The second kappa shape index (κ2) is 4.43. The highest BCUT2D eigenvalue weighted by atomic mass is 16.6. The van der Waals surface area contributed by atoms with E-state index in [-0.39, 0.29) is 30.0 Å². The van der Waals surface area contributed by atoms with Crippen LogP contribution in [0, 0.1) is 5.92 Å². The summed E-state index contributed by atoms with van der Waals surface area (Å²) in [6, 6.07) is 0. The molecule has 1 amide bonds. The van der Waals surface area contributed by atoms with Crippen molar-refractivity contribution in [3.63, 3.8) is 0 Å². The SMILES string of the molecule is CO[C@H]1C=CC2=CC(=O)N3CC[C@]4(CO4)[C@H](CC(=O)O)[C@]23C1. The third kappa shape index (κ3) is 1.68. The number of aliphatic carboxylic acids is 1. The lowest BCUT2D eigenvalue weighted by molar-refractivity contribution is -0.148. The van der Waals surface area contributed by atoms with E-state index in [0.717, 1.165) is 5.57 Å².